The van der Waals surface area contributed by atoms with Gasteiger partial charge in [-0.2, -0.15) is 0 Å². The zero-order chi connectivity index (χ0) is 10.0. The van der Waals surface area contributed by atoms with E-state index in [9.17, 15) is 0 Å². The SMILES string of the molecule is Cc1ccc(C(C(C)C)C(C)C)o1. The Morgan fingerprint density at radius 1 is 1.00 bits per heavy atom. The maximum Gasteiger partial charge on any atom is 0.107 e. The van der Waals surface area contributed by atoms with E-state index in [0.717, 1.165) is 11.5 Å². The molecular weight excluding hydrogens is 160 g/mol. The lowest BCUT2D eigenvalue weighted by molar-refractivity contribution is 0.319. The van der Waals surface area contributed by atoms with Crippen LogP contribution in [0.3, 0.4) is 0 Å². The third-order valence-electron chi connectivity index (χ3n) is 2.53. The Morgan fingerprint density at radius 3 is 1.85 bits per heavy atom. The fourth-order valence-corrected chi connectivity index (χ4v) is 2.06. The van der Waals surface area contributed by atoms with Gasteiger partial charge in [0.1, 0.15) is 11.5 Å². The molecule has 1 aromatic heterocycles. The summed E-state index contributed by atoms with van der Waals surface area (Å²) in [6, 6.07) is 4.16. The molecule has 0 aliphatic carbocycles. The molecular formula is C12H20O. The minimum Gasteiger partial charge on any atom is -0.466 e. The molecule has 0 amide bonds. The lowest BCUT2D eigenvalue weighted by Gasteiger charge is -2.22. The van der Waals surface area contributed by atoms with Crippen LogP contribution in [0.1, 0.15) is 45.1 Å². The molecule has 0 spiro atoms. The van der Waals surface area contributed by atoms with Gasteiger partial charge in [-0.05, 0) is 30.9 Å². The first-order chi connectivity index (χ1) is 6.02. The van der Waals surface area contributed by atoms with Gasteiger partial charge in [0.05, 0.1) is 0 Å². The standard InChI is InChI=1S/C12H20O/c1-8(2)12(9(3)4)11-7-6-10(5)13-11/h6-9,12H,1-5H3. The largest absolute Gasteiger partial charge is 0.466 e. The van der Waals surface area contributed by atoms with Crippen molar-refractivity contribution in [2.75, 3.05) is 0 Å². The second-order valence-corrected chi connectivity index (χ2v) is 4.46. The predicted molar refractivity (Wildman–Crippen MR) is 55.9 cm³/mol. The Bertz CT molecular complexity index is 250. The number of aryl methyl sites for hydroxylation is 1. The van der Waals surface area contributed by atoms with Crippen LogP contribution in [0.15, 0.2) is 16.5 Å². The molecule has 0 bridgehead atoms. The zero-order valence-electron chi connectivity index (χ0n) is 9.29. The van der Waals surface area contributed by atoms with Crippen LogP contribution in [-0.4, -0.2) is 0 Å². The number of hydrogen-bond acceptors (Lipinski definition) is 1. The normalized spacial score (nSPS) is 12.0. The molecule has 0 unspecified atom stereocenters. The Kier molecular flexibility index (Phi) is 3.18. The summed E-state index contributed by atoms with van der Waals surface area (Å²) in [5.41, 5.74) is 0. The van der Waals surface area contributed by atoms with E-state index in [-0.39, 0.29) is 0 Å². The summed E-state index contributed by atoms with van der Waals surface area (Å²) in [6.45, 7) is 11.0. The van der Waals surface area contributed by atoms with Crippen molar-refractivity contribution in [3.63, 3.8) is 0 Å². The highest BCUT2D eigenvalue weighted by atomic mass is 16.3. The van der Waals surface area contributed by atoms with E-state index in [4.69, 9.17) is 4.42 Å². The molecule has 0 atom stereocenters. The minimum atomic E-state index is 0.550. The molecule has 0 fully saturated rings. The second kappa shape index (κ2) is 3.99. The molecule has 1 heteroatoms. The van der Waals surface area contributed by atoms with E-state index in [1.165, 1.54) is 0 Å². The third-order valence-corrected chi connectivity index (χ3v) is 2.53. The maximum absolute atomic E-state index is 5.67. The van der Waals surface area contributed by atoms with E-state index in [1.807, 2.05) is 13.0 Å². The molecule has 1 nitrogen and oxygen atoms in total. The van der Waals surface area contributed by atoms with E-state index >= 15 is 0 Å². The van der Waals surface area contributed by atoms with Crippen molar-refractivity contribution in [3.8, 4) is 0 Å². The Morgan fingerprint density at radius 2 is 1.54 bits per heavy atom. The summed E-state index contributed by atoms with van der Waals surface area (Å²) in [6.07, 6.45) is 0. The van der Waals surface area contributed by atoms with E-state index < -0.39 is 0 Å². The summed E-state index contributed by atoms with van der Waals surface area (Å²) >= 11 is 0. The van der Waals surface area contributed by atoms with Gasteiger partial charge in [0.2, 0.25) is 0 Å². The van der Waals surface area contributed by atoms with Crippen molar-refractivity contribution in [3.05, 3.63) is 23.7 Å². The van der Waals surface area contributed by atoms with Crippen LogP contribution in [-0.2, 0) is 0 Å². The fraction of sp³-hybridized carbons (Fsp3) is 0.667. The third kappa shape index (κ3) is 2.36. The van der Waals surface area contributed by atoms with Gasteiger partial charge in [0.15, 0.2) is 0 Å². The molecule has 0 aliphatic heterocycles. The second-order valence-electron chi connectivity index (χ2n) is 4.46. The van der Waals surface area contributed by atoms with Gasteiger partial charge < -0.3 is 4.42 Å². The summed E-state index contributed by atoms with van der Waals surface area (Å²) < 4.78 is 5.67. The van der Waals surface area contributed by atoms with Gasteiger partial charge in [-0.25, -0.2) is 0 Å². The van der Waals surface area contributed by atoms with Crippen LogP contribution in [0.25, 0.3) is 0 Å². The summed E-state index contributed by atoms with van der Waals surface area (Å²) in [5.74, 6) is 3.99. The highest BCUT2D eigenvalue weighted by Gasteiger charge is 2.22. The maximum atomic E-state index is 5.67. The molecule has 0 aliphatic rings. The smallest absolute Gasteiger partial charge is 0.107 e. The number of rotatable bonds is 3. The molecule has 1 rings (SSSR count). The monoisotopic (exact) mass is 180 g/mol. The average molecular weight is 180 g/mol. The van der Waals surface area contributed by atoms with E-state index in [2.05, 4.69) is 33.8 Å². The average Bonchev–Trinajstić information content (AvgIpc) is 2.34. The van der Waals surface area contributed by atoms with E-state index in [0.29, 0.717) is 17.8 Å². The van der Waals surface area contributed by atoms with E-state index in [1.54, 1.807) is 0 Å². The van der Waals surface area contributed by atoms with Crippen molar-refractivity contribution < 1.29 is 4.42 Å². The highest BCUT2D eigenvalue weighted by Crippen LogP contribution is 2.32. The lowest BCUT2D eigenvalue weighted by Crippen LogP contribution is -2.12. The first kappa shape index (κ1) is 10.4. The quantitative estimate of drug-likeness (QED) is 0.685. The van der Waals surface area contributed by atoms with Crippen LogP contribution >= 0.6 is 0 Å². The topological polar surface area (TPSA) is 13.1 Å². The Balaban J connectivity index is 2.88. The molecule has 0 aromatic carbocycles. The number of furan rings is 1. The van der Waals surface area contributed by atoms with Crippen LogP contribution in [0.4, 0.5) is 0 Å². The van der Waals surface area contributed by atoms with Gasteiger partial charge in [-0.15, -0.1) is 0 Å². The van der Waals surface area contributed by atoms with Crippen molar-refractivity contribution in [2.24, 2.45) is 11.8 Å². The lowest BCUT2D eigenvalue weighted by atomic mass is 9.84. The fourth-order valence-electron chi connectivity index (χ4n) is 2.06. The minimum absolute atomic E-state index is 0.550. The predicted octanol–water partition coefficient (Wildman–Crippen LogP) is 3.98. The van der Waals surface area contributed by atoms with Crippen LogP contribution < -0.4 is 0 Å². The Labute approximate surface area is 81.1 Å². The molecule has 0 radical (unpaired) electrons. The molecule has 13 heavy (non-hydrogen) atoms. The van der Waals surface area contributed by atoms with Crippen molar-refractivity contribution in [2.45, 2.75) is 40.5 Å². The van der Waals surface area contributed by atoms with Crippen LogP contribution in [0.2, 0.25) is 0 Å². The van der Waals surface area contributed by atoms with Crippen molar-refractivity contribution in [1.82, 2.24) is 0 Å². The summed E-state index contributed by atoms with van der Waals surface area (Å²) in [4.78, 5) is 0. The van der Waals surface area contributed by atoms with Gasteiger partial charge in [0, 0.05) is 5.92 Å². The molecule has 0 N–H and O–H groups in total. The molecule has 1 heterocycles. The first-order valence-corrected chi connectivity index (χ1v) is 5.08. The molecule has 0 saturated carbocycles. The van der Waals surface area contributed by atoms with Gasteiger partial charge in [-0.1, -0.05) is 27.7 Å². The Hall–Kier alpha value is -0.720. The molecule has 74 valence electrons. The highest BCUT2D eigenvalue weighted by molar-refractivity contribution is 5.11. The van der Waals surface area contributed by atoms with Crippen LogP contribution in [0.5, 0.6) is 0 Å². The first-order valence-electron chi connectivity index (χ1n) is 5.08. The van der Waals surface area contributed by atoms with Gasteiger partial charge in [0.25, 0.3) is 0 Å². The number of hydrogen-bond donors (Lipinski definition) is 0. The molecule has 0 saturated heterocycles. The molecule has 1 aromatic rings. The van der Waals surface area contributed by atoms with Crippen molar-refractivity contribution >= 4 is 0 Å². The zero-order valence-corrected chi connectivity index (χ0v) is 9.29. The van der Waals surface area contributed by atoms with Gasteiger partial charge >= 0.3 is 0 Å². The summed E-state index contributed by atoms with van der Waals surface area (Å²) in [7, 11) is 0. The summed E-state index contributed by atoms with van der Waals surface area (Å²) in [5, 5.41) is 0. The van der Waals surface area contributed by atoms with Crippen LogP contribution in [0, 0.1) is 18.8 Å². The van der Waals surface area contributed by atoms with Crippen molar-refractivity contribution in [1.29, 1.82) is 0 Å². The van der Waals surface area contributed by atoms with Gasteiger partial charge in [-0.3, -0.25) is 0 Å².